The number of amides is 1. The molecule has 2 aromatic rings. The second-order valence-corrected chi connectivity index (χ2v) is 5.96. The first-order valence-electron chi connectivity index (χ1n) is 7.98. The molecule has 0 aromatic heterocycles. The lowest BCUT2D eigenvalue weighted by Gasteiger charge is -2.09. The van der Waals surface area contributed by atoms with Crippen LogP contribution in [0.5, 0.6) is 11.5 Å². The van der Waals surface area contributed by atoms with E-state index in [1.807, 2.05) is 0 Å². The van der Waals surface area contributed by atoms with Crippen molar-refractivity contribution in [2.75, 3.05) is 12.4 Å². The van der Waals surface area contributed by atoms with E-state index in [0.29, 0.717) is 5.56 Å². The Bertz CT molecular complexity index is 1060. The van der Waals surface area contributed by atoms with Crippen LogP contribution in [0.15, 0.2) is 42.0 Å². The molecule has 2 rings (SSSR count). The average molecular weight is 416 g/mol. The molecular formula is C19H14ClN3O6. The summed E-state index contributed by atoms with van der Waals surface area (Å²) < 4.78 is 10.1. The highest BCUT2D eigenvalue weighted by molar-refractivity contribution is 6.34. The number of carbonyl (C=O) groups excluding carboxylic acids is 2. The summed E-state index contributed by atoms with van der Waals surface area (Å²) >= 11 is 5.94. The van der Waals surface area contributed by atoms with Crippen LogP contribution in [0.25, 0.3) is 6.08 Å². The Hall–Kier alpha value is -3.90. The van der Waals surface area contributed by atoms with Gasteiger partial charge in [-0.05, 0) is 29.8 Å². The van der Waals surface area contributed by atoms with Gasteiger partial charge in [0.05, 0.1) is 22.7 Å². The van der Waals surface area contributed by atoms with Crippen molar-refractivity contribution in [3.8, 4) is 17.6 Å². The first kappa shape index (κ1) is 21.4. The Morgan fingerprint density at radius 1 is 1.24 bits per heavy atom. The van der Waals surface area contributed by atoms with E-state index in [1.54, 1.807) is 6.07 Å². The molecule has 0 fully saturated rings. The summed E-state index contributed by atoms with van der Waals surface area (Å²) in [5.41, 5.74) is 0.0798. The number of hydrogen-bond donors (Lipinski definition) is 1. The fourth-order valence-electron chi connectivity index (χ4n) is 2.24. The maximum absolute atomic E-state index is 12.4. The number of esters is 1. The molecule has 0 aliphatic heterocycles. The Balaban J connectivity index is 2.27. The third kappa shape index (κ3) is 5.54. The molecule has 0 heterocycles. The zero-order valence-electron chi connectivity index (χ0n) is 15.3. The Kier molecular flexibility index (Phi) is 6.89. The van der Waals surface area contributed by atoms with Crippen LogP contribution >= 0.6 is 11.6 Å². The van der Waals surface area contributed by atoms with Crippen LogP contribution in [-0.4, -0.2) is 23.9 Å². The fourth-order valence-corrected chi connectivity index (χ4v) is 2.46. The third-order valence-electron chi connectivity index (χ3n) is 3.53. The number of benzene rings is 2. The molecular weight excluding hydrogens is 402 g/mol. The van der Waals surface area contributed by atoms with E-state index in [9.17, 15) is 25.0 Å². The van der Waals surface area contributed by atoms with Gasteiger partial charge in [0.1, 0.15) is 11.6 Å². The number of nitro groups is 1. The van der Waals surface area contributed by atoms with Gasteiger partial charge in [0.25, 0.3) is 11.6 Å². The number of anilines is 1. The van der Waals surface area contributed by atoms with Crippen molar-refractivity contribution in [2.45, 2.75) is 6.92 Å². The van der Waals surface area contributed by atoms with Gasteiger partial charge in [-0.15, -0.1) is 0 Å². The predicted octanol–water partition coefficient (Wildman–Crippen LogP) is 3.73. The van der Waals surface area contributed by atoms with Gasteiger partial charge in [0.15, 0.2) is 11.5 Å². The van der Waals surface area contributed by atoms with Crippen molar-refractivity contribution >= 4 is 40.9 Å². The first-order chi connectivity index (χ1) is 13.7. The number of nitrogens with one attached hydrogen (secondary N) is 1. The van der Waals surface area contributed by atoms with Gasteiger partial charge in [-0.3, -0.25) is 19.7 Å². The van der Waals surface area contributed by atoms with E-state index in [2.05, 4.69) is 5.32 Å². The summed E-state index contributed by atoms with van der Waals surface area (Å²) in [6, 6.07) is 9.79. The number of hydrogen-bond acceptors (Lipinski definition) is 7. The smallest absolute Gasteiger partial charge is 0.308 e. The normalized spacial score (nSPS) is 10.6. The van der Waals surface area contributed by atoms with Crippen molar-refractivity contribution in [1.82, 2.24) is 0 Å². The average Bonchev–Trinajstić information content (AvgIpc) is 2.67. The summed E-state index contributed by atoms with van der Waals surface area (Å²) in [6.07, 6.45) is 1.30. The molecule has 148 valence electrons. The third-order valence-corrected chi connectivity index (χ3v) is 3.84. The number of nitriles is 1. The molecule has 0 radical (unpaired) electrons. The summed E-state index contributed by atoms with van der Waals surface area (Å²) in [5.74, 6) is -0.849. The molecule has 0 aliphatic carbocycles. The van der Waals surface area contributed by atoms with Gasteiger partial charge in [-0.1, -0.05) is 17.7 Å². The molecule has 0 saturated carbocycles. The summed E-state index contributed by atoms with van der Waals surface area (Å²) in [6.45, 7) is 1.24. The van der Waals surface area contributed by atoms with Gasteiger partial charge in [-0.25, -0.2) is 0 Å². The Labute approximate surface area is 170 Å². The number of nitrogens with zero attached hydrogens (tertiary/aromatic N) is 2. The van der Waals surface area contributed by atoms with Crippen LogP contribution in [0.2, 0.25) is 5.02 Å². The SMILES string of the molecule is COc1cc(/C=C(\C#N)C(=O)Nc2ccc([N+](=O)[O-])cc2Cl)ccc1OC(C)=O. The predicted molar refractivity (Wildman–Crippen MR) is 105 cm³/mol. The molecule has 0 atom stereocenters. The standard InChI is InChI=1S/C19H14ClN3O6/c1-11(24)29-17-6-3-12(8-18(17)28-2)7-13(10-21)19(25)22-16-5-4-14(23(26)27)9-15(16)20/h3-9H,1-2H3,(H,22,25)/b13-7+. The van der Waals surface area contributed by atoms with Crippen molar-refractivity contribution in [3.05, 3.63) is 62.7 Å². The molecule has 9 nitrogen and oxygen atoms in total. The quantitative estimate of drug-likeness (QED) is 0.190. The maximum atomic E-state index is 12.4. The highest BCUT2D eigenvalue weighted by Crippen LogP contribution is 2.30. The molecule has 1 amide bonds. The lowest BCUT2D eigenvalue weighted by atomic mass is 10.1. The highest BCUT2D eigenvalue weighted by Gasteiger charge is 2.15. The number of rotatable bonds is 6. The van der Waals surface area contributed by atoms with Crippen LogP contribution in [0.4, 0.5) is 11.4 Å². The van der Waals surface area contributed by atoms with E-state index in [0.717, 1.165) is 6.07 Å². The van der Waals surface area contributed by atoms with Crippen molar-refractivity contribution in [2.24, 2.45) is 0 Å². The fraction of sp³-hybridized carbons (Fsp3) is 0.105. The number of halogens is 1. The minimum absolute atomic E-state index is 0.0442. The topological polar surface area (TPSA) is 132 Å². The summed E-state index contributed by atoms with van der Waals surface area (Å²) in [7, 11) is 1.38. The van der Waals surface area contributed by atoms with Gasteiger partial charge < -0.3 is 14.8 Å². The second kappa shape index (κ2) is 9.34. The van der Waals surface area contributed by atoms with Crippen LogP contribution in [0.1, 0.15) is 12.5 Å². The molecule has 1 N–H and O–H groups in total. The van der Waals surface area contributed by atoms with E-state index >= 15 is 0 Å². The Morgan fingerprint density at radius 2 is 1.97 bits per heavy atom. The van der Waals surface area contributed by atoms with Crippen molar-refractivity contribution in [1.29, 1.82) is 5.26 Å². The molecule has 29 heavy (non-hydrogen) atoms. The molecule has 0 saturated heterocycles. The molecule has 0 aliphatic rings. The van der Waals surface area contributed by atoms with Gasteiger partial charge >= 0.3 is 5.97 Å². The first-order valence-corrected chi connectivity index (χ1v) is 8.36. The van der Waals surface area contributed by atoms with E-state index in [4.69, 9.17) is 21.1 Å². The highest BCUT2D eigenvalue weighted by atomic mass is 35.5. The van der Waals surface area contributed by atoms with Crippen LogP contribution in [0, 0.1) is 21.4 Å². The number of methoxy groups -OCH3 is 1. The molecule has 10 heteroatoms. The second-order valence-electron chi connectivity index (χ2n) is 5.55. The van der Waals surface area contributed by atoms with Gasteiger partial charge in [-0.2, -0.15) is 5.26 Å². The molecule has 0 bridgehead atoms. The molecule has 2 aromatic carbocycles. The number of nitro benzene ring substituents is 1. The van der Waals surface area contributed by atoms with Crippen molar-refractivity contribution in [3.63, 3.8) is 0 Å². The van der Waals surface area contributed by atoms with Crippen molar-refractivity contribution < 1.29 is 24.0 Å². The van der Waals surface area contributed by atoms with E-state index in [1.165, 1.54) is 50.4 Å². The number of non-ortho nitro benzene ring substituents is 1. The maximum Gasteiger partial charge on any atom is 0.308 e. The molecule has 0 spiro atoms. The summed E-state index contributed by atoms with van der Waals surface area (Å²) in [4.78, 5) is 33.6. The van der Waals surface area contributed by atoms with Crippen LogP contribution < -0.4 is 14.8 Å². The lowest BCUT2D eigenvalue weighted by molar-refractivity contribution is -0.384. The largest absolute Gasteiger partial charge is 0.493 e. The Morgan fingerprint density at radius 3 is 2.52 bits per heavy atom. The summed E-state index contributed by atoms with van der Waals surface area (Å²) in [5, 5.41) is 22.5. The van der Waals surface area contributed by atoms with E-state index in [-0.39, 0.29) is 33.5 Å². The number of ether oxygens (including phenoxy) is 2. The minimum Gasteiger partial charge on any atom is -0.493 e. The molecule has 0 unspecified atom stereocenters. The zero-order chi connectivity index (χ0) is 21.6. The number of carbonyl (C=O) groups is 2. The zero-order valence-corrected chi connectivity index (χ0v) is 16.0. The van der Waals surface area contributed by atoms with Crippen LogP contribution in [-0.2, 0) is 9.59 Å². The lowest BCUT2D eigenvalue weighted by Crippen LogP contribution is -2.13. The van der Waals surface area contributed by atoms with Crippen LogP contribution in [0.3, 0.4) is 0 Å². The minimum atomic E-state index is -0.758. The van der Waals surface area contributed by atoms with Gasteiger partial charge in [0, 0.05) is 19.1 Å². The monoisotopic (exact) mass is 415 g/mol. The van der Waals surface area contributed by atoms with E-state index < -0.39 is 16.8 Å². The van der Waals surface area contributed by atoms with Gasteiger partial charge in [0.2, 0.25) is 0 Å².